The molecule has 4 rings (SSSR count). The van der Waals surface area contributed by atoms with Crippen LogP contribution in [-0.4, -0.2) is 18.8 Å². The fourth-order valence-corrected chi connectivity index (χ4v) is 4.68. The van der Waals surface area contributed by atoms with Crippen molar-refractivity contribution < 1.29 is 13.2 Å². The van der Waals surface area contributed by atoms with Gasteiger partial charge in [-0.05, 0) is 44.2 Å². The number of fused-ring (bicyclic) bond motifs is 1. The Balaban J connectivity index is 1.85. The van der Waals surface area contributed by atoms with Crippen molar-refractivity contribution in [2.24, 2.45) is 7.05 Å². The van der Waals surface area contributed by atoms with Gasteiger partial charge >= 0.3 is 0 Å². The Morgan fingerprint density at radius 2 is 1.55 bits per heavy atom. The number of hydrogen-bond donors (Lipinski definition) is 2. The van der Waals surface area contributed by atoms with Crippen LogP contribution < -0.4 is 10.0 Å². The lowest BCUT2D eigenvalue weighted by atomic mass is 10.1. The lowest BCUT2D eigenvalue weighted by Gasteiger charge is -2.15. The van der Waals surface area contributed by atoms with Crippen LogP contribution in [0.4, 0.5) is 17.2 Å². The van der Waals surface area contributed by atoms with Crippen molar-refractivity contribution in [2.75, 3.05) is 10.0 Å². The van der Waals surface area contributed by atoms with Gasteiger partial charge in [0.05, 0.1) is 16.1 Å². The summed E-state index contributed by atoms with van der Waals surface area (Å²) in [6.07, 6.45) is 0. The summed E-state index contributed by atoms with van der Waals surface area (Å²) >= 11 is 0. The topological polar surface area (TPSA) is 80.2 Å². The number of Topliss-reactive ketones (excluding diaryl/α,β-unsaturated/α-hetero) is 1. The quantitative estimate of drug-likeness (QED) is 0.408. The molecule has 3 aromatic carbocycles. The lowest BCUT2D eigenvalue weighted by Crippen LogP contribution is -2.16. The second kappa shape index (κ2) is 7.92. The third kappa shape index (κ3) is 3.92. The molecule has 158 valence electrons. The van der Waals surface area contributed by atoms with Crippen molar-refractivity contribution in [1.82, 2.24) is 4.57 Å². The van der Waals surface area contributed by atoms with Crippen LogP contribution in [-0.2, 0) is 17.1 Å². The van der Waals surface area contributed by atoms with Gasteiger partial charge in [0, 0.05) is 23.7 Å². The molecule has 2 N–H and O–H groups in total. The molecule has 0 saturated carbocycles. The molecule has 0 aliphatic carbocycles. The molecule has 0 spiro atoms. The predicted molar refractivity (Wildman–Crippen MR) is 125 cm³/mol. The maximum atomic E-state index is 13.1. The number of aryl methyl sites for hydroxylation is 2. The minimum absolute atomic E-state index is 0.0786. The third-order valence-electron chi connectivity index (χ3n) is 5.24. The number of ketones is 1. The summed E-state index contributed by atoms with van der Waals surface area (Å²) in [6.45, 7) is 3.41. The van der Waals surface area contributed by atoms with Gasteiger partial charge in [-0.25, -0.2) is 8.42 Å². The van der Waals surface area contributed by atoms with Gasteiger partial charge < -0.3 is 9.88 Å². The average Bonchev–Trinajstić information content (AvgIpc) is 3.00. The van der Waals surface area contributed by atoms with E-state index in [-0.39, 0.29) is 10.7 Å². The van der Waals surface area contributed by atoms with E-state index in [1.54, 1.807) is 54.1 Å². The summed E-state index contributed by atoms with van der Waals surface area (Å²) in [5, 5.41) is 4.14. The standard InChI is InChI=1S/C24H23N3O3S/c1-16-12-14-18(15-13-16)31(29,30)26-24-23(20-9-5-7-11-22(20)27(24)3)25-21-10-6-4-8-19(21)17(2)28/h4-15,25-26H,1-3H3. The number of nitrogens with one attached hydrogen (secondary N) is 2. The normalized spacial score (nSPS) is 11.5. The Morgan fingerprint density at radius 1 is 0.903 bits per heavy atom. The van der Waals surface area contributed by atoms with E-state index >= 15 is 0 Å². The third-order valence-corrected chi connectivity index (χ3v) is 6.59. The molecule has 31 heavy (non-hydrogen) atoms. The van der Waals surface area contributed by atoms with Crippen LogP contribution in [0.1, 0.15) is 22.8 Å². The molecule has 0 aliphatic rings. The first-order valence-electron chi connectivity index (χ1n) is 9.82. The highest BCUT2D eigenvalue weighted by Crippen LogP contribution is 2.38. The second-order valence-corrected chi connectivity index (χ2v) is 9.13. The second-order valence-electron chi connectivity index (χ2n) is 7.45. The fraction of sp³-hybridized carbons (Fsp3) is 0.125. The SMILES string of the molecule is CC(=O)c1ccccc1Nc1c(NS(=O)(=O)c2ccc(C)cc2)n(C)c2ccccc12. The van der Waals surface area contributed by atoms with Crippen molar-refractivity contribution in [3.8, 4) is 0 Å². The zero-order chi connectivity index (χ0) is 22.2. The summed E-state index contributed by atoms with van der Waals surface area (Å²) in [5.74, 6) is 0.310. The van der Waals surface area contributed by atoms with Crippen LogP contribution in [0.5, 0.6) is 0 Å². The minimum Gasteiger partial charge on any atom is -0.351 e. The Bertz CT molecular complexity index is 1390. The van der Waals surface area contributed by atoms with E-state index in [1.807, 2.05) is 37.3 Å². The predicted octanol–water partition coefficient (Wildman–Crippen LogP) is 5.23. The molecule has 7 heteroatoms. The zero-order valence-corrected chi connectivity index (χ0v) is 18.3. The molecule has 0 atom stereocenters. The van der Waals surface area contributed by atoms with E-state index in [0.29, 0.717) is 22.8 Å². The molecular weight excluding hydrogens is 410 g/mol. The number of nitrogens with zero attached hydrogens (tertiary/aromatic N) is 1. The number of benzene rings is 3. The zero-order valence-electron chi connectivity index (χ0n) is 17.5. The first kappa shape index (κ1) is 20.7. The van der Waals surface area contributed by atoms with Gasteiger partial charge in [-0.3, -0.25) is 9.52 Å². The Hall–Kier alpha value is -3.58. The highest BCUT2D eigenvalue weighted by molar-refractivity contribution is 7.92. The van der Waals surface area contributed by atoms with Gasteiger partial charge in [-0.15, -0.1) is 0 Å². The molecule has 6 nitrogen and oxygen atoms in total. The molecule has 0 radical (unpaired) electrons. The van der Waals surface area contributed by atoms with Crippen molar-refractivity contribution in [2.45, 2.75) is 18.7 Å². The average molecular weight is 434 g/mol. The maximum absolute atomic E-state index is 13.1. The maximum Gasteiger partial charge on any atom is 0.263 e. The van der Waals surface area contributed by atoms with E-state index in [2.05, 4.69) is 10.0 Å². The van der Waals surface area contributed by atoms with Crippen molar-refractivity contribution in [3.63, 3.8) is 0 Å². The van der Waals surface area contributed by atoms with E-state index in [4.69, 9.17) is 0 Å². The van der Waals surface area contributed by atoms with Crippen molar-refractivity contribution in [1.29, 1.82) is 0 Å². The lowest BCUT2D eigenvalue weighted by molar-refractivity contribution is 0.101. The first-order valence-corrected chi connectivity index (χ1v) is 11.3. The number of carbonyl (C=O) groups excluding carboxylic acids is 1. The summed E-state index contributed by atoms with van der Waals surface area (Å²) in [5.41, 5.74) is 3.56. The molecule has 1 aromatic heterocycles. The number of para-hydroxylation sites is 2. The summed E-state index contributed by atoms with van der Waals surface area (Å²) < 4.78 is 30.8. The van der Waals surface area contributed by atoms with Gasteiger partial charge in [0.2, 0.25) is 0 Å². The smallest absolute Gasteiger partial charge is 0.263 e. The molecule has 4 aromatic rings. The summed E-state index contributed by atoms with van der Waals surface area (Å²) in [4.78, 5) is 12.3. The molecule has 0 fully saturated rings. The Kier molecular flexibility index (Phi) is 5.29. The Labute approximate surface area is 181 Å². The molecular formula is C24H23N3O3S. The van der Waals surface area contributed by atoms with Gasteiger partial charge in [0.15, 0.2) is 5.78 Å². The van der Waals surface area contributed by atoms with Crippen LogP contribution in [0, 0.1) is 6.92 Å². The highest BCUT2D eigenvalue weighted by atomic mass is 32.2. The first-order chi connectivity index (χ1) is 14.8. The molecule has 0 amide bonds. The number of anilines is 3. The van der Waals surface area contributed by atoms with Crippen LogP contribution in [0.15, 0.2) is 77.7 Å². The molecule has 0 unspecified atom stereocenters. The van der Waals surface area contributed by atoms with E-state index in [1.165, 1.54) is 6.92 Å². The van der Waals surface area contributed by atoms with Gasteiger partial charge in [-0.2, -0.15) is 0 Å². The fourth-order valence-electron chi connectivity index (χ4n) is 3.58. The van der Waals surface area contributed by atoms with Crippen LogP contribution in [0.25, 0.3) is 10.9 Å². The van der Waals surface area contributed by atoms with Crippen LogP contribution in [0.3, 0.4) is 0 Å². The number of hydrogen-bond acceptors (Lipinski definition) is 4. The number of rotatable bonds is 6. The summed E-state index contributed by atoms with van der Waals surface area (Å²) in [6, 6.07) is 21.5. The molecule has 0 bridgehead atoms. The van der Waals surface area contributed by atoms with Gasteiger partial charge in [0.1, 0.15) is 5.82 Å². The largest absolute Gasteiger partial charge is 0.351 e. The van der Waals surface area contributed by atoms with E-state index in [0.717, 1.165) is 16.5 Å². The van der Waals surface area contributed by atoms with Gasteiger partial charge in [0.25, 0.3) is 10.0 Å². The monoisotopic (exact) mass is 433 g/mol. The highest BCUT2D eigenvalue weighted by Gasteiger charge is 2.22. The Morgan fingerprint density at radius 3 is 2.26 bits per heavy atom. The number of aromatic nitrogens is 1. The number of carbonyl (C=O) groups is 1. The molecule has 1 heterocycles. The van der Waals surface area contributed by atoms with Gasteiger partial charge in [-0.1, -0.05) is 48.0 Å². The number of sulfonamides is 1. The van der Waals surface area contributed by atoms with Crippen molar-refractivity contribution in [3.05, 3.63) is 83.9 Å². The van der Waals surface area contributed by atoms with Crippen LogP contribution in [0.2, 0.25) is 0 Å². The minimum atomic E-state index is -3.82. The van der Waals surface area contributed by atoms with E-state index in [9.17, 15) is 13.2 Å². The van der Waals surface area contributed by atoms with Crippen molar-refractivity contribution >= 4 is 43.9 Å². The van der Waals surface area contributed by atoms with E-state index < -0.39 is 10.0 Å². The molecule has 0 aliphatic heterocycles. The summed E-state index contributed by atoms with van der Waals surface area (Å²) in [7, 11) is -2.02. The van der Waals surface area contributed by atoms with Crippen LogP contribution >= 0.6 is 0 Å². The molecule has 0 saturated heterocycles.